The lowest BCUT2D eigenvalue weighted by Crippen LogP contribution is -2.31. The highest BCUT2D eigenvalue weighted by Gasteiger charge is 2.39. The van der Waals surface area contributed by atoms with Crippen LogP contribution >= 0.6 is 0 Å². The Labute approximate surface area is 273 Å². The van der Waals surface area contributed by atoms with Crippen LogP contribution in [0.25, 0.3) is 27.5 Å². The van der Waals surface area contributed by atoms with E-state index < -0.39 is 29.7 Å². The molecule has 0 saturated carbocycles. The predicted octanol–water partition coefficient (Wildman–Crippen LogP) is 6.02. The molecule has 1 unspecified atom stereocenters. The van der Waals surface area contributed by atoms with Crippen molar-refractivity contribution in [3.05, 3.63) is 107 Å². The molecule has 1 aliphatic rings. The van der Waals surface area contributed by atoms with E-state index in [-0.39, 0.29) is 40.5 Å². The van der Waals surface area contributed by atoms with Gasteiger partial charge in [-0.15, -0.1) is 0 Å². The molecule has 0 saturated heterocycles. The van der Waals surface area contributed by atoms with Crippen LogP contribution < -0.4 is 9.64 Å². The number of pyridine rings is 1. The van der Waals surface area contributed by atoms with Gasteiger partial charge in [0.25, 0.3) is 11.8 Å². The summed E-state index contributed by atoms with van der Waals surface area (Å²) in [7, 11) is 1.15. The van der Waals surface area contributed by atoms with Crippen molar-refractivity contribution in [3.8, 4) is 11.4 Å². The first-order valence-electron chi connectivity index (χ1n) is 15.2. The van der Waals surface area contributed by atoms with Crippen LogP contribution in [0.15, 0.2) is 79.3 Å². The second-order valence-corrected chi connectivity index (χ2v) is 11.2. The molecular weight excluding hydrogens is 619 g/mol. The summed E-state index contributed by atoms with van der Waals surface area (Å²) in [6.07, 6.45) is 5.35. The minimum atomic E-state index is -0.869. The van der Waals surface area contributed by atoms with Crippen molar-refractivity contribution in [1.29, 1.82) is 0 Å². The number of carbonyl (C=O) groups is 3. The standard InChI is InChI=1S/C35H29FN6O6/c1-4-12-47-19-41-29-16-25(30(14-22(29)18-38-41)40-11-7-10-37-40)20(2)48-31-15-21-13-26(35(45)46-3)27(36)17-28(21)39-32(31)42-33(43)23-8-5-6-9-24(23)34(42)44/h5-11,13-18,20H,4,12,19H2,1-3H3. The first-order valence-corrected chi connectivity index (χ1v) is 15.2. The molecule has 0 bridgehead atoms. The normalized spacial score (nSPS) is 13.4. The number of carbonyl (C=O) groups excluding carboxylic acids is 3. The number of fused-ring (bicyclic) bond motifs is 3. The number of nitrogens with zero attached hydrogens (tertiary/aromatic N) is 6. The molecule has 1 atom stereocenters. The van der Waals surface area contributed by atoms with E-state index in [9.17, 15) is 14.4 Å². The van der Waals surface area contributed by atoms with Crippen molar-refractivity contribution < 1.29 is 33.0 Å². The maximum Gasteiger partial charge on any atom is 0.340 e. The van der Waals surface area contributed by atoms with Crippen LogP contribution in [0.3, 0.4) is 0 Å². The number of ether oxygens (including phenoxy) is 3. The Kier molecular flexibility index (Phi) is 7.89. The van der Waals surface area contributed by atoms with Crippen LogP contribution in [0.5, 0.6) is 5.75 Å². The van der Waals surface area contributed by atoms with Gasteiger partial charge in [-0.25, -0.2) is 28.4 Å². The number of esters is 1. The highest BCUT2D eigenvalue weighted by Crippen LogP contribution is 2.39. The second-order valence-electron chi connectivity index (χ2n) is 11.2. The highest BCUT2D eigenvalue weighted by molar-refractivity contribution is 6.34. The molecule has 2 amide bonds. The lowest BCUT2D eigenvalue weighted by molar-refractivity contribution is 0.0595. The van der Waals surface area contributed by atoms with Crippen LogP contribution in [-0.4, -0.2) is 56.0 Å². The van der Waals surface area contributed by atoms with Gasteiger partial charge in [-0.2, -0.15) is 10.2 Å². The Bertz CT molecular complexity index is 2200. The van der Waals surface area contributed by atoms with Crippen molar-refractivity contribution in [2.75, 3.05) is 18.6 Å². The van der Waals surface area contributed by atoms with Crippen LogP contribution in [0.2, 0.25) is 0 Å². The van der Waals surface area contributed by atoms with E-state index in [0.29, 0.717) is 23.2 Å². The quantitative estimate of drug-likeness (QED) is 0.0994. The lowest BCUT2D eigenvalue weighted by atomic mass is 10.1. The number of anilines is 1. The Hall–Kier alpha value is -5.95. The molecule has 0 N–H and O–H groups in total. The Morgan fingerprint density at radius 2 is 1.75 bits per heavy atom. The van der Waals surface area contributed by atoms with Gasteiger partial charge in [-0.3, -0.25) is 9.59 Å². The zero-order valence-electron chi connectivity index (χ0n) is 26.2. The number of amides is 2. The van der Waals surface area contributed by atoms with E-state index in [4.69, 9.17) is 14.2 Å². The molecule has 1 aliphatic heterocycles. The summed E-state index contributed by atoms with van der Waals surface area (Å²) in [5.74, 6) is -2.99. The monoisotopic (exact) mass is 648 g/mol. The average Bonchev–Trinajstić information content (AvgIpc) is 3.83. The van der Waals surface area contributed by atoms with Gasteiger partial charge in [0.15, 0.2) is 11.6 Å². The summed E-state index contributed by atoms with van der Waals surface area (Å²) >= 11 is 0. The van der Waals surface area contributed by atoms with E-state index in [1.165, 1.54) is 12.1 Å². The van der Waals surface area contributed by atoms with E-state index in [1.807, 2.05) is 26.0 Å². The smallest absolute Gasteiger partial charge is 0.340 e. The first kappa shape index (κ1) is 30.7. The third-order valence-electron chi connectivity index (χ3n) is 8.11. The third-order valence-corrected chi connectivity index (χ3v) is 8.11. The van der Waals surface area contributed by atoms with Gasteiger partial charge >= 0.3 is 5.97 Å². The Balaban J connectivity index is 1.37. The summed E-state index contributed by atoms with van der Waals surface area (Å²) in [5.41, 5.74) is 2.42. The van der Waals surface area contributed by atoms with Gasteiger partial charge in [-0.1, -0.05) is 19.1 Å². The van der Waals surface area contributed by atoms with E-state index in [2.05, 4.69) is 15.2 Å². The Morgan fingerprint density at radius 1 is 0.979 bits per heavy atom. The zero-order chi connectivity index (χ0) is 33.5. The molecule has 242 valence electrons. The minimum absolute atomic E-state index is 0.0539. The number of halogens is 1. The van der Waals surface area contributed by atoms with Crippen LogP contribution in [0.4, 0.5) is 10.2 Å². The summed E-state index contributed by atoms with van der Waals surface area (Å²) in [6.45, 7) is 4.67. The maximum atomic E-state index is 15.0. The van der Waals surface area contributed by atoms with Crippen molar-refractivity contribution in [1.82, 2.24) is 24.5 Å². The topological polar surface area (TPSA) is 131 Å². The minimum Gasteiger partial charge on any atom is -0.482 e. The van der Waals surface area contributed by atoms with Crippen molar-refractivity contribution in [2.45, 2.75) is 33.1 Å². The summed E-state index contributed by atoms with van der Waals surface area (Å²) in [4.78, 5) is 45.0. The maximum absolute atomic E-state index is 15.0. The lowest BCUT2D eigenvalue weighted by Gasteiger charge is -2.23. The summed E-state index contributed by atoms with van der Waals surface area (Å²) < 4.78 is 35.6. The molecule has 48 heavy (non-hydrogen) atoms. The molecular formula is C35H29FN6O6. The van der Waals surface area contributed by atoms with Gasteiger partial charge < -0.3 is 14.2 Å². The summed E-state index contributed by atoms with van der Waals surface area (Å²) in [6, 6.07) is 16.0. The van der Waals surface area contributed by atoms with Gasteiger partial charge in [0.05, 0.1) is 46.7 Å². The van der Waals surface area contributed by atoms with Gasteiger partial charge in [0.2, 0.25) is 0 Å². The fraction of sp³-hybridized carbons (Fsp3) is 0.200. The molecule has 12 nitrogen and oxygen atoms in total. The van der Waals surface area contributed by atoms with Crippen LogP contribution in [0.1, 0.15) is 63.0 Å². The number of aromatic nitrogens is 5. The van der Waals surface area contributed by atoms with Gasteiger partial charge in [-0.05, 0) is 55.8 Å². The number of imide groups is 1. The fourth-order valence-electron chi connectivity index (χ4n) is 5.78. The molecule has 0 aliphatic carbocycles. The molecule has 4 heterocycles. The molecule has 0 fully saturated rings. The van der Waals surface area contributed by atoms with Crippen LogP contribution in [-0.2, 0) is 16.2 Å². The Morgan fingerprint density at radius 3 is 2.44 bits per heavy atom. The predicted molar refractivity (Wildman–Crippen MR) is 173 cm³/mol. The summed E-state index contributed by atoms with van der Waals surface area (Å²) in [5, 5.41) is 10.1. The molecule has 6 aromatic rings. The fourth-order valence-corrected chi connectivity index (χ4v) is 5.78. The first-order chi connectivity index (χ1) is 23.3. The molecule has 0 radical (unpaired) electrons. The molecule has 3 aromatic heterocycles. The number of hydrogen-bond acceptors (Lipinski definition) is 9. The molecule has 7 rings (SSSR count). The second kappa shape index (κ2) is 12.3. The molecule has 3 aromatic carbocycles. The number of methoxy groups -OCH3 is 1. The van der Waals surface area contributed by atoms with E-state index >= 15 is 4.39 Å². The number of hydrogen-bond donors (Lipinski definition) is 0. The highest BCUT2D eigenvalue weighted by atomic mass is 19.1. The molecule has 13 heteroatoms. The van der Waals surface area contributed by atoms with Crippen molar-refractivity contribution >= 4 is 45.4 Å². The van der Waals surface area contributed by atoms with Crippen molar-refractivity contribution in [2.24, 2.45) is 0 Å². The van der Waals surface area contributed by atoms with Gasteiger partial charge in [0, 0.05) is 41.4 Å². The van der Waals surface area contributed by atoms with Crippen molar-refractivity contribution in [3.63, 3.8) is 0 Å². The third kappa shape index (κ3) is 5.23. The average molecular weight is 649 g/mol. The van der Waals surface area contributed by atoms with E-state index in [0.717, 1.165) is 35.4 Å². The number of benzene rings is 3. The zero-order valence-corrected chi connectivity index (χ0v) is 26.2. The van der Waals surface area contributed by atoms with Crippen LogP contribution in [0, 0.1) is 5.82 Å². The number of rotatable bonds is 10. The van der Waals surface area contributed by atoms with E-state index in [1.54, 1.807) is 58.3 Å². The SMILES string of the molecule is CCCOCn1ncc2cc(-n3cccn3)c(C(C)Oc3cc4cc(C(=O)OC)c(F)cc4nc3N3C(=O)c4ccccc4C3=O)cc21. The van der Waals surface area contributed by atoms with Gasteiger partial charge in [0.1, 0.15) is 18.7 Å². The largest absolute Gasteiger partial charge is 0.482 e. The molecule has 0 spiro atoms.